The van der Waals surface area contributed by atoms with Crippen LogP contribution in [0.1, 0.15) is 29.5 Å². The number of aromatic nitrogens is 1. The number of nitrogens with zero attached hydrogens (tertiary/aromatic N) is 2. The zero-order chi connectivity index (χ0) is 13.9. The van der Waals surface area contributed by atoms with E-state index in [2.05, 4.69) is 25.7 Å². The standard InChI is InChI=1S/C9H7BrF2N2O4/c1-2-18-9(15)7-6(10)5(14(16)17)3-4(13-7)8(11)12/h3,8H,2H2,1H3. The SMILES string of the molecule is CCOC(=O)c1nc(C(F)F)cc([N+](=O)[O-])c1Br. The molecular formula is C9H7BrF2N2O4. The number of pyridine rings is 1. The van der Waals surface area contributed by atoms with Crippen LogP contribution in [-0.4, -0.2) is 22.5 Å². The van der Waals surface area contributed by atoms with Crippen LogP contribution in [0.25, 0.3) is 0 Å². The van der Waals surface area contributed by atoms with Crippen molar-refractivity contribution in [3.8, 4) is 0 Å². The molecule has 0 atom stereocenters. The molecule has 0 saturated heterocycles. The van der Waals surface area contributed by atoms with Gasteiger partial charge in [-0.2, -0.15) is 0 Å². The fraction of sp³-hybridized carbons (Fsp3) is 0.333. The van der Waals surface area contributed by atoms with Crippen molar-refractivity contribution < 1.29 is 23.2 Å². The van der Waals surface area contributed by atoms with Gasteiger partial charge in [0.1, 0.15) is 10.2 Å². The van der Waals surface area contributed by atoms with E-state index in [0.717, 1.165) is 0 Å². The Bertz CT molecular complexity index is 496. The van der Waals surface area contributed by atoms with Gasteiger partial charge in [-0.3, -0.25) is 10.1 Å². The van der Waals surface area contributed by atoms with Gasteiger partial charge < -0.3 is 4.74 Å². The maximum atomic E-state index is 12.5. The van der Waals surface area contributed by atoms with Crippen LogP contribution in [0, 0.1) is 10.1 Å². The number of rotatable bonds is 4. The van der Waals surface area contributed by atoms with Gasteiger partial charge in [-0.15, -0.1) is 0 Å². The Kier molecular flexibility index (Phi) is 4.65. The van der Waals surface area contributed by atoms with Gasteiger partial charge in [-0.25, -0.2) is 18.6 Å². The number of nitro groups is 1. The second-order valence-electron chi connectivity index (χ2n) is 3.01. The van der Waals surface area contributed by atoms with Gasteiger partial charge in [0.25, 0.3) is 12.1 Å². The molecule has 0 aliphatic heterocycles. The van der Waals surface area contributed by atoms with Crippen molar-refractivity contribution in [1.82, 2.24) is 4.98 Å². The van der Waals surface area contributed by atoms with Crippen LogP contribution < -0.4 is 0 Å². The maximum Gasteiger partial charge on any atom is 0.358 e. The van der Waals surface area contributed by atoms with Crippen LogP contribution in [0.15, 0.2) is 10.5 Å². The number of alkyl halides is 2. The molecule has 0 radical (unpaired) electrons. The molecule has 0 spiro atoms. The first kappa shape index (κ1) is 14.4. The molecule has 0 aliphatic carbocycles. The molecule has 0 unspecified atom stereocenters. The predicted octanol–water partition coefficient (Wildman–Crippen LogP) is 2.87. The highest BCUT2D eigenvalue weighted by Gasteiger charge is 2.26. The summed E-state index contributed by atoms with van der Waals surface area (Å²) >= 11 is 2.79. The minimum atomic E-state index is -3.02. The minimum absolute atomic E-state index is 0.000340. The number of carbonyl (C=O) groups excluding carboxylic acids is 1. The van der Waals surface area contributed by atoms with Gasteiger partial charge in [-0.1, -0.05) is 0 Å². The van der Waals surface area contributed by atoms with Gasteiger partial charge in [0.15, 0.2) is 5.69 Å². The molecule has 18 heavy (non-hydrogen) atoms. The summed E-state index contributed by atoms with van der Waals surface area (Å²) in [6.45, 7) is 1.51. The lowest BCUT2D eigenvalue weighted by Crippen LogP contribution is -2.11. The molecule has 0 amide bonds. The van der Waals surface area contributed by atoms with Gasteiger partial charge in [0, 0.05) is 6.07 Å². The van der Waals surface area contributed by atoms with Crippen molar-refractivity contribution in [1.29, 1.82) is 0 Å². The van der Waals surface area contributed by atoms with Crippen LogP contribution in [-0.2, 0) is 4.74 Å². The molecule has 0 N–H and O–H groups in total. The summed E-state index contributed by atoms with van der Waals surface area (Å²) in [5.74, 6) is -1.00. The van der Waals surface area contributed by atoms with Crippen molar-refractivity contribution in [2.24, 2.45) is 0 Å². The van der Waals surface area contributed by atoms with Crippen LogP contribution >= 0.6 is 15.9 Å². The van der Waals surface area contributed by atoms with Crippen LogP contribution in [0.5, 0.6) is 0 Å². The second kappa shape index (κ2) is 5.80. The number of hydrogen-bond donors (Lipinski definition) is 0. The van der Waals surface area contributed by atoms with Crippen molar-refractivity contribution in [3.05, 3.63) is 32.0 Å². The molecule has 6 nitrogen and oxygen atoms in total. The third kappa shape index (κ3) is 2.97. The Balaban J connectivity index is 3.40. The van der Waals surface area contributed by atoms with Gasteiger partial charge in [0.2, 0.25) is 0 Å². The first-order valence-electron chi connectivity index (χ1n) is 4.68. The monoisotopic (exact) mass is 324 g/mol. The van der Waals surface area contributed by atoms with Crippen molar-refractivity contribution in [2.45, 2.75) is 13.3 Å². The number of ether oxygens (including phenoxy) is 1. The maximum absolute atomic E-state index is 12.5. The Morgan fingerprint density at radius 1 is 1.67 bits per heavy atom. The summed E-state index contributed by atoms with van der Waals surface area (Å²) < 4.78 is 29.3. The van der Waals surface area contributed by atoms with Crippen LogP contribution in [0.3, 0.4) is 0 Å². The second-order valence-corrected chi connectivity index (χ2v) is 3.80. The summed E-state index contributed by atoms with van der Waals surface area (Å²) in [6, 6.07) is 0.609. The van der Waals surface area contributed by atoms with E-state index in [0.29, 0.717) is 6.07 Å². The van der Waals surface area contributed by atoms with Crippen LogP contribution in [0.4, 0.5) is 14.5 Å². The average molecular weight is 325 g/mol. The van der Waals surface area contributed by atoms with Gasteiger partial charge >= 0.3 is 5.97 Å². The molecule has 9 heteroatoms. The molecule has 0 aliphatic rings. The Morgan fingerprint density at radius 2 is 2.28 bits per heavy atom. The van der Waals surface area contributed by atoms with E-state index in [1.54, 1.807) is 0 Å². The number of halogens is 3. The quantitative estimate of drug-likeness (QED) is 0.483. The Hall–Kier alpha value is -1.64. The molecular weight excluding hydrogens is 318 g/mol. The first-order valence-corrected chi connectivity index (χ1v) is 5.47. The number of esters is 1. The van der Waals surface area contributed by atoms with E-state index >= 15 is 0 Å². The molecule has 0 aromatic carbocycles. The van der Waals surface area contributed by atoms with Crippen molar-refractivity contribution >= 4 is 27.6 Å². The summed E-state index contributed by atoms with van der Waals surface area (Å²) in [5.41, 5.74) is -2.06. The normalized spacial score (nSPS) is 10.5. The highest BCUT2D eigenvalue weighted by molar-refractivity contribution is 9.10. The molecule has 1 aromatic heterocycles. The lowest BCUT2D eigenvalue weighted by atomic mass is 10.2. The van der Waals surface area contributed by atoms with Crippen LogP contribution in [0.2, 0.25) is 0 Å². The Labute approximate surface area is 108 Å². The average Bonchev–Trinajstić information content (AvgIpc) is 2.28. The molecule has 1 aromatic rings. The Morgan fingerprint density at radius 3 is 2.72 bits per heavy atom. The van der Waals surface area contributed by atoms with E-state index in [1.165, 1.54) is 6.92 Å². The number of hydrogen-bond acceptors (Lipinski definition) is 5. The van der Waals surface area contributed by atoms with E-state index in [1.807, 2.05) is 0 Å². The zero-order valence-corrected chi connectivity index (χ0v) is 10.6. The molecule has 0 fully saturated rings. The zero-order valence-electron chi connectivity index (χ0n) is 9.02. The van der Waals surface area contributed by atoms with E-state index in [-0.39, 0.29) is 11.1 Å². The molecule has 0 bridgehead atoms. The highest BCUT2D eigenvalue weighted by atomic mass is 79.9. The smallest absolute Gasteiger partial charge is 0.358 e. The fourth-order valence-electron chi connectivity index (χ4n) is 1.11. The molecule has 1 heterocycles. The number of carbonyl (C=O) groups is 1. The molecule has 98 valence electrons. The lowest BCUT2D eigenvalue weighted by molar-refractivity contribution is -0.385. The van der Waals surface area contributed by atoms with Gasteiger partial charge in [0.05, 0.1) is 11.5 Å². The summed E-state index contributed by atoms with van der Waals surface area (Å²) in [5, 5.41) is 10.7. The predicted molar refractivity (Wildman–Crippen MR) is 59.5 cm³/mol. The summed E-state index contributed by atoms with van der Waals surface area (Å²) in [6.07, 6.45) is -3.02. The summed E-state index contributed by atoms with van der Waals surface area (Å²) in [7, 11) is 0. The fourth-order valence-corrected chi connectivity index (χ4v) is 1.62. The minimum Gasteiger partial charge on any atom is -0.461 e. The van der Waals surface area contributed by atoms with E-state index < -0.39 is 34.4 Å². The third-order valence-electron chi connectivity index (χ3n) is 1.85. The first-order chi connectivity index (χ1) is 8.38. The largest absolute Gasteiger partial charge is 0.461 e. The van der Waals surface area contributed by atoms with Gasteiger partial charge in [-0.05, 0) is 22.9 Å². The van der Waals surface area contributed by atoms with Crippen molar-refractivity contribution in [2.75, 3.05) is 6.61 Å². The molecule has 1 rings (SSSR count). The third-order valence-corrected chi connectivity index (χ3v) is 2.63. The highest BCUT2D eigenvalue weighted by Crippen LogP contribution is 2.31. The topological polar surface area (TPSA) is 82.3 Å². The summed E-state index contributed by atoms with van der Waals surface area (Å²) in [4.78, 5) is 24.6. The van der Waals surface area contributed by atoms with E-state index in [4.69, 9.17) is 0 Å². The molecule has 0 saturated carbocycles. The van der Waals surface area contributed by atoms with E-state index in [9.17, 15) is 23.7 Å². The van der Waals surface area contributed by atoms with Crippen molar-refractivity contribution in [3.63, 3.8) is 0 Å². The lowest BCUT2D eigenvalue weighted by Gasteiger charge is -2.06.